The predicted octanol–water partition coefficient (Wildman–Crippen LogP) is 5.37. The number of benzene rings is 2. The van der Waals surface area contributed by atoms with E-state index < -0.39 is 20.9 Å². The quantitative estimate of drug-likeness (QED) is 0.191. The number of carbonyl (C=O) groups excluding carboxylic acids is 1. The lowest BCUT2D eigenvalue weighted by atomic mass is 10.3. The Hall–Kier alpha value is -3.32. The SMILES string of the molecule is O=C(/C=C/c1ccc([N+](=O)[O-])s1)Nc1ccc(S(=O)(=O)Nc2nc3c(Cl)cccc3s2)cc1. The van der Waals surface area contributed by atoms with E-state index in [0.717, 1.165) is 27.4 Å². The van der Waals surface area contributed by atoms with Gasteiger partial charge in [-0.1, -0.05) is 40.3 Å². The first-order valence-corrected chi connectivity index (χ1v) is 12.6. The third-order valence-corrected chi connectivity index (χ3v) is 7.94. The van der Waals surface area contributed by atoms with Crippen LogP contribution in [0.1, 0.15) is 4.88 Å². The van der Waals surface area contributed by atoms with Crippen LogP contribution in [-0.2, 0) is 14.8 Å². The predicted molar refractivity (Wildman–Crippen MR) is 131 cm³/mol. The van der Waals surface area contributed by atoms with Crippen LogP contribution in [0.25, 0.3) is 16.3 Å². The lowest BCUT2D eigenvalue weighted by Crippen LogP contribution is -2.13. The number of nitrogens with one attached hydrogen (secondary N) is 2. The van der Waals surface area contributed by atoms with Crippen molar-refractivity contribution in [1.82, 2.24) is 4.98 Å². The van der Waals surface area contributed by atoms with Gasteiger partial charge in [-0.3, -0.25) is 19.6 Å². The third kappa shape index (κ3) is 5.37. The van der Waals surface area contributed by atoms with Crippen LogP contribution in [0.4, 0.5) is 15.8 Å². The number of rotatable bonds is 7. The molecule has 13 heteroatoms. The van der Waals surface area contributed by atoms with Crippen LogP contribution in [-0.4, -0.2) is 24.2 Å². The molecule has 4 aromatic rings. The Labute approximate surface area is 200 Å². The monoisotopic (exact) mass is 520 g/mol. The minimum Gasteiger partial charge on any atom is -0.323 e. The summed E-state index contributed by atoms with van der Waals surface area (Å²) in [4.78, 5) is 27.1. The Balaban J connectivity index is 1.42. The smallest absolute Gasteiger partial charge is 0.323 e. The van der Waals surface area contributed by atoms with Crippen molar-refractivity contribution in [3.8, 4) is 0 Å². The molecule has 168 valence electrons. The average molecular weight is 521 g/mol. The molecule has 2 aromatic carbocycles. The summed E-state index contributed by atoms with van der Waals surface area (Å²) in [6, 6.07) is 13.7. The Morgan fingerprint density at radius 3 is 2.52 bits per heavy atom. The van der Waals surface area contributed by atoms with E-state index in [1.165, 1.54) is 42.5 Å². The molecule has 0 saturated heterocycles. The van der Waals surface area contributed by atoms with Crippen LogP contribution in [0.2, 0.25) is 5.02 Å². The number of carbonyl (C=O) groups is 1. The van der Waals surface area contributed by atoms with Crippen molar-refractivity contribution in [2.24, 2.45) is 0 Å². The summed E-state index contributed by atoms with van der Waals surface area (Å²) < 4.78 is 28.6. The second kappa shape index (κ2) is 9.27. The topological polar surface area (TPSA) is 131 Å². The molecule has 0 atom stereocenters. The average Bonchev–Trinajstić information content (AvgIpc) is 3.40. The van der Waals surface area contributed by atoms with E-state index in [2.05, 4.69) is 15.0 Å². The maximum atomic E-state index is 12.7. The van der Waals surface area contributed by atoms with Gasteiger partial charge in [-0.2, -0.15) is 0 Å². The zero-order chi connectivity index (χ0) is 23.6. The van der Waals surface area contributed by atoms with Gasteiger partial charge >= 0.3 is 5.00 Å². The summed E-state index contributed by atoms with van der Waals surface area (Å²) in [7, 11) is -3.90. The molecule has 2 N–H and O–H groups in total. The van der Waals surface area contributed by atoms with Crippen molar-refractivity contribution in [2.45, 2.75) is 4.90 Å². The lowest BCUT2D eigenvalue weighted by Gasteiger charge is -2.07. The fourth-order valence-corrected chi connectivity index (χ4v) is 5.85. The largest absolute Gasteiger partial charge is 0.324 e. The molecule has 1 amide bonds. The first-order valence-electron chi connectivity index (χ1n) is 9.12. The maximum Gasteiger partial charge on any atom is 0.324 e. The summed E-state index contributed by atoms with van der Waals surface area (Å²) in [5, 5.41) is 13.9. The number of nitro groups is 1. The first-order chi connectivity index (χ1) is 15.7. The second-order valence-corrected chi connectivity index (χ2v) is 10.7. The van der Waals surface area contributed by atoms with E-state index >= 15 is 0 Å². The van der Waals surface area contributed by atoms with Gasteiger partial charge in [-0.05, 0) is 48.5 Å². The molecule has 0 aliphatic rings. The van der Waals surface area contributed by atoms with E-state index in [4.69, 9.17) is 11.6 Å². The second-order valence-electron chi connectivity index (χ2n) is 6.49. The molecule has 0 aliphatic carbocycles. The number of nitrogens with zero attached hydrogens (tertiary/aromatic N) is 2. The van der Waals surface area contributed by atoms with Crippen LogP contribution in [0.15, 0.2) is 65.6 Å². The molecule has 2 aromatic heterocycles. The molecular weight excluding hydrogens is 508 g/mol. The summed E-state index contributed by atoms with van der Waals surface area (Å²) >= 11 is 8.20. The molecule has 0 aliphatic heterocycles. The molecule has 2 heterocycles. The van der Waals surface area contributed by atoms with Gasteiger partial charge < -0.3 is 5.32 Å². The van der Waals surface area contributed by atoms with Gasteiger partial charge in [0.05, 0.1) is 19.5 Å². The molecule has 0 unspecified atom stereocenters. The van der Waals surface area contributed by atoms with E-state index in [-0.39, 0.29) is 15.0 Å². The highest BCUT2D eigenvalue weighted by Gasteiger charge is 2.17. The van der Waals surface area contributed by atoms with Gasteiger partial charge in [-0.15, -0.1) is 0 Å². The summed E-state index contributed by atoms with van der Waals surface area (Å²) in [6.07, 6.45) is 2.69. The number of hydrogen-bond donors (Lipinski definition) is 2. The minimum atomic E-state index is -3.90. The highest BCUT2D eigenvalue weighted by atomic mass is 35.5. The lowest BCUT2D eigenvalue weighted by molar-refractivity contribution is -0.380. The fourth-order valence-electron chi connectivity index (χ4n) is 2.72. The highest BCUT2D eigenvalue weighted by molar-refractivity contribution is 7.93. The number of amides is 1. The van der Waals surface area contributed by atoms with Crippen LogP contribution < -0.4 is 10.0 Å². The van der Waals surface area contributed by atoms with Gasteiger partial charge in [0.15, 0.2) is 5.13 Å². The molecule has 0 bridgehead atoms. The minimum absolute atomic E-state index is 0.00714. The summed E-state index contributed by atoms with van der Waals surface area (Å²) in [6.45, 7) is 0. The van der Waals surface area contributed by atoms with Crippen molar-refractivity contribution in [2.75, 3.05) is 10.0 Å². The molecule has 4 rings (SSSR count). The van der Waals surface area contributed by atoms with Crippen molar-refractivity contribution in [3.05, 3.63) is 80.7 Å². The zero-order valence-corrected chi connectivity index (χ0v) is 19.6. The number of aromatic nitrogens is 1. The summed E-state index contributed by atoms with van der Waals surface area (Å²) in [5.74, 6) is -0.467. The Morgan fingerprint density at radius 2 is 1.85 bits per heavy atom. The molecule has 0 saturated carbocycles. The van der Waals surface area contributed by atoms with Gasteiger partial charge in [0.25, 0.3) is 10.0 Å². The molecule has 9 nitrogen and oxygen atoms in total. The number of sulfonamides is 1. The normalized spacial score (nSPS) is 11.7. The zero-order valence-electron chi connectivity index (χ0n) is 16.4. The molecule has 33 heavy (non-hydrogen) atoms. The number of hydrogen-bond acceptors (Lipinski definition) is 8. The van der Waals surface area contributed by atoms with Crippen LogP contribution in [0.5, 0.6) is 0 Å². The van der Waals surface area contributed by atoms with Gasteiger partial charge in [0.2, 0.25) is 5.91 Å². The van der Waals surface area contributed by atoms with Gasteiger partial charge in [-0.25, -0.2) is 13.4 Å². The fraction of sp³-hybridized carbons (Fsp3) is 0. The summed E-state index contributed by atoms with van der Waals surface area (Å²) in [5.41, 5.74) is 0.901. The van der Waals surface area contributed by atoms with Gasteiger partial charge in [0, 0.05) is 22.7 Å². The van der Waals surface area contributed by atoms with Crippen molar-refractivity contribution in [3.63, 3.8) is 0 Å². The Kier molecular flexibility index (Phi) is 6.42. The van der Waals surface area contributed by atoms with E-state index in [9.17, 15) is 23.3 Å². The first kappa shape index (κ1) is 22.9. The van der Waals surface area contributed by atoms with E-state index in [0.29, 0.717) is 21.1 Å². The van der Waals surface area contributed by atoms with Crippen LogP contribution >= 0.6 is 34.3 Å². The maximum absolute atomic E-state index is 12.7. The molecular formula is C20H13ClN4O5S3. The standard InChI is InChI=1S/C20H13ClN4O5S3/c21-15-2-1-3-16-19(15)23-20(32-16)24-33(29,30)14-8-4-12(5-9-14)22-17(26)10-6-13-7-11-18(31-13)25(27)28/h1-11H,(H,22,26)(H,23,24)/b10-6+. The molecule has 0 spiro atoms. The Bertz CT molecular complexity index is 1490. The number of halogens is 1. The van der Waals surface area contributed by atoms with E-state index in [1.807, 2.05) is 0 Å². The van der Waals surface area contributed by atoms with Crippen molar-refractivity contribution < 1.29 is 18.1 Å². The third-order valence-electron chi connectivity index (χ3n) is 4.22. The van der Waals surface area contributed by atoms with Gasteiger partial charge in [0.1, 0.15) is 5.52 Å². The number of para-hydroxylation sites is 1. The molecule has 0 fully saturated rings. The van der Waals surface area contributed by atoms with Crippen LogP contribution in [0.3, 0.4) is 0 Å². The molecule has 0 radical (unpaired) electrons. The highest BCUT2D eigenvalue weighted by Crippen LogP contribution is 2.32. The van der Waals surface area contributed by atoms with E-state index in [1.54, 1.807) is 24.3 Å². The number of thiazole rings is 1. The number of fused-ring (bicyclic) bond motifs is 1. The van der Waals surface area contributed by atoms with Crippen molar-refractivity contribution in [1.29, 1.82) is 0 Å². The number of thiophene rings is 1. The Morgan fingerprint density at radius 1 is 1.09 bits per heavy atom. The number of anilines is 2. The van der Waals surface area contributed by atoms with Crippen molar-refractivity contribution >= 4 is 82.3 Å². The van der Waals surface area contributed by atoms with Crippen LogP contribution in [0, 0.1) is 10.1 Å².